The summed E-state index contributed by atoms with van der Waals surface area (Å²) in [5.41, 5.74) is 5.36. The van der Waals surface area contributed by atoms with E-state index in [1.165, 1.54) is 35.5 Å². The van der Waals surface area contributed by atoms with Gasteiger partial charge in [-0.1, -0.05) is 6.07 Å². The summed E-state index contributed by atoms with van der Waals surface area (Å²) >= 11 is 0. The summed E-state index contributed by atoms with van der Waals surface area (Å²) in [6.07, 6.45) is 2.69. The molecule has 0 saturated carbocycles. The number of amides is 1. The summed E-state index contributed by atoms with van der Waals surface area (Å²) < 4.78 is 25.6. The molecule has 146 valence electrons. The highest BCUT2D eigenvalue weighted by molar-refractivity contribution is 5.77. The maximum Gasteiger partial charge on any atom is 0.280 e. The number of aryl methyl sites for hydroxylation is 2. The summed E-state index contributed by atoms with van der Waals surface area (Å²) in [7, 11) is 0. The number of halogens is 2. The fourth-order valence-electron chi connectivity index (χ4n) is 4.49. The third-order valence-electron chi connectivity index (χ3n) is 6.05. The standard InChI is InChI=1S/C21H22F2N4O/c22-21(23)18-8-16(4-5-24-18)26-9-13(10-26)6-20(28)27-11-15-7-14-2-1-3-17(14)25-19(15)12-27/h4-5,7-8,13,21H,1-3,6,9-12H2. The van der Waals surface area contributed by atoms with E-state index in [2.05, 4.69) is 11.1 Å². The Morgan fingerprint density at radius 3 is 2.82 bits per heavy atom. The Labute approximate surface area is 162 Å². The molecular formula is C21H22F2N4O. The summed E-state index contributed by atoms with van der Waals surface area (Å²) in [5, 5.41) is 0. The summed E-state index contributed by atoms with van der Waals surface area (Å²) in [6, 6.07) is 5.42. The Kier molecular flexibility index (Phi) is 4.25. The first kappa shape index (κ1) is 17.5. The number of alkyl halides is 2. The molecular weight excluding hydrogens is 362 g/mol. The lowest BCUT2D eigenvalue weighted by Gasteiger charge is -2.41. The van der Waals surface area contributed by atoms with E-state index < -0.39 is 6.43 Å². The molecule has 4 heterocycles. The van der Waals surface area contributed by atoms with Crippen LogP contribution in [-0.4, -0.2) is 33.9 Å². The van der Waals surface area contributed by atoms with Gasteiger partial charge in [-0.05, 0) is 42.5 Å². The third kappa shape index (κ3) is 3.12. The first-order valence-electron chi connectivity index (χ1n) is 9.84. The topological polar surface area (TPSA) is 49.3 Å². The van der Waals surface area contributed by atoms with Gasteiger partial charge in [0.2, 0.25) is 5.91 Å². The molecule has 0 bridgehead atoms. The molecule has 7 heteroatoms. The molecule has 1 aliphatic carbocycles. The average Bonchev–Trinajstić information content (AvgIpc) is 3.27. The second kappa shape index (κ2) is 6.79. The van der Waals surface area contributed by atoms with Crippen LogP contribution in [0.15, 0.2) is 24.4 Å². The number of anilines is 1. The molecule has 0 spiro atoms. The molecule has 28 heavy (non-hydrogen) atoms. The number of rotatable bonds is 4. The zero-order chi connectivity index (χ0) is 19.3. The second-order valence-corrected chi connectivity index (χ2v) is 8.02. The normalized spacial score (nSPS) is 18.4. The van der Waals surface area contributed by atoms with Crippen LogP contribution in [0.2, 0.25) is 0 Å². The van der Waals surface area contributed by atoms with Crippen molar-refractivity contribution in [2.75, 3.05) is 18.0 Å². The lowest BCUT2D eigenvalue weighted by molar-refractivity contribution is -0.133. The van der Waals surface area contributed by atoms with Gasteiger partial charge in [0.05, 0.1) is 12.2 Å². The Hall–Kier alpha value is -2.57. The van der Waals surface area contributed by atoms with Crippen molar-refractivity contribution in [2.45, 2.75) is 45.2 Å². The fraction of sp³-hybridized carbons (Fsp3) is 0.476. The molecule has 0 unspecified atom stereocenters. The SMILES string of the molecule is O=C(CC1CN(c2ccnc(C(F)F)c2)C1)N1Cc2cc3c(nc2C1)CCC3. The van der Waals surface area contributed by atoms with Crippen LogP contribution in [0.3, 0.4) is 0 Å². The molecule has 0 aromatic carbocycles. The Bertz CT molecular complexity index is 894. The van der Waals surface area contributed by atoms with Gasteiger partial charge in [0.15, 0.2) is 0 Å². The zero-order valence-electron chi connectivity index (χ0n) is 15.6. The maximum atomic E-state index is 12.8. The molecule has 2 aliphatic heterocycles. The number of pyridine rings is 2. The number of nitrogens with zero attached hydrogens (tertiary/aromatic N) is 4. The molecule has 1 saturated heterocycles. The van der Waals surface area contributed by atoms with E-state index in [1.54, 1.807) is 6.07 Å². The number of aromatic nitrogens is 2. The summed E-state index contributed by atoms with van der Waals surface area (Å²) in [4.78, 5) is 25.1. The minimum absolute atomic E-state index is 0.158. The molecule has 5 nitrogen and oxygen atoms in total. The van der Waals surface area contributed by atoms with E-state index in [4.69, 9.17) is 4.98 Å². The molecule has 1 fully saturated rings. The van der Waals surface area contributed by atoms with Gasteiger partial charge in [-0.2, -0.15) is 0 Å². The Morgan fingerprint density at radius 1 is 1.14 bits per heavy atom. The number of carbonyl (C=O) groups excluding carboxylic acids is 1. The smallest absolute Gasteiger partial charge is 0.280 e. The molecule has 2 aromatic rings. The van der Waals surface area contributed by atoms with E-state index in [9.17, 15) is 13.6 Å². The molecule has 2 aromatic heterocycles. The minimum Gasteiger partial charge on any atom is -0.371 e. The highest BCUT2D eigenvalue weighted by Gasteiger charge is 2.33. The van der Waals surface area contributed by atoms with Crippen molar-refractivity contribution >= 4 is 11.6 Å². The Morgan fingerprint density at radius 2 is 2.00 bits per heavy atom. The molecule has 0 radical (unpaired) electrons. The van der Waals surface area contributed by atoms with Gasteiger partial charge in [0, 0.05) is 49.6 Å². The van der Waals surface area contributed by atoms with E-state index >= 15 is 0 Å². The van der Waals surface area contributed by atoms with Gasteiger partial charge in [0.1, 0.15) is 5.69 Å². The van der Waals surface area contributed by atoms with Crippen molar-refractivity contribution in [2.24, 2.45) is 5.92 Å². The molecule has 1 amide bonds. The highest BCUT2D eigenvalue weighted by atomic mass is 19.3. The van der Waals surface area contributed by atoms with Gasteiger partial charge in [-0.25, -0.2) is 8.78 Å². The largest absolute Gasteiger partial charge is 0.371 e. The van der Waals surface area contributed by atoms with E-state index in [1.807, 2.05) is 9.80 Å². The van der Waals surface area contributed by atoms with Crippen molar-refractivity contribution in [3.8, 4) is 0 Å². The van der Waals surface area contributed by atoms with Gasteiger partial charge in [-0.15, -0.1) is 0 Å². The predicted octanol–water partition coefficient (Wildman–Crippen LogP) is 3.27. The van der Waals surface area contributed by atoms with Crippen LogP contribution >= 0.6 is 0 Å². The average molecular weight is 384 g/mol. The Balaban J connectivity index is 1.16. The quantitative estimate of drug-likeness (QED) is 0.812. The summed E-state index contributed by atoms with van der Waals surface area (Å²) in [6.45, 7) is 2.70. The number of hydrogen-bond acceptors (Lipinski definition) is 4. The first-order valence-corrected chi connectivity index (χ1v) is 9.84. The van der Waals surface area contributed by atoms with Crippen LogP contribution in [0, 0.1) is 5.92 Å². The molecule has 0 N–H and O–H groups in total. The zero-order valence-corrected chi connectivity index (χ0v) is 15.6. The van der Waals surface area contributed by atoms with E-state index in [0.717, 1.165) is 24.2 Å². The lowest BCUT2D eigenvalue weighted by Crippen LogP contribution is -2.48. The second-order valence-electron chi connectivity index (χ2n) is 8.02. The summed E-state index contributed by atoms with van der Waals surface area (Å²) in [5.74, 6) is 0.420. The molecule has 0 atom stereocenters. The van der Waals surface area contributed by atoms with Crippen molar-refractivity contribution in [3.05, 3.63) is 52.6 Å². The predicted molar refractivity (Wildman–Crippen MR) is 100 cm³/mol. The maximum absolute atomic E-state index is 12.8. The number of hydrogen-bond donors (Lipinski definition) is 0. The van der Waals surface area contributed by atoms with E-state index in [0.29, 0.717) is 32.6 Å². The van der Waals surface area contributed by atoms with Crippen LogP contribution in [0.1, 0.15) is 47.5 Å². The highest BCUT2D eigenvalue weighted by Crippen LogP contribution is 2.32. The van der Waals surface area contributed by atoms with E-state index in [-0.39, 0.29) is 17.5 Å². The van der Waals surface area contributed by atoms with Gasteiger partial charge in [0.25, 0.3) is 6.43 Å². The van der Waals surface area contributed by atoms with Crippen molar-refractivity contribution in [3.63, 3.8) is 0 Å². The van der Waals surface area contributed by atoms with Crippen molar-refractivity contribution in [1.82, 2.24) is 14.9 Å². The van der Waals surface area contributed by atoms with Gasteiger partial charge in [-0.3, -0.25) is 14.8 Å². The minimum atomic E-state index is -2.56. The van der Waals surface area contributed by atoms with Crippen LogP contribution in [0.4, 0.5) is 14.5 Å². The van der Waals surface area contributed by atoms with Crippen molar-refractivity contribution in [1.29, 1.82) is 0 Å². The molecule has 3 aliphatic rings. The van der Waals surface area contributed by atoms with Crippen LogP contribution in [0.5, 0.6) is 0 Å². The van der Waals surface area contributed by atoms with Crippen LogP contribution in [-0.2, 0) is 30.7 Å². The fourth-order valence-corrected chi connectivity index (χ4v) is 4.49. The van der Waals surface area contributed by atoms with Crippen LogP contribution < -0.4 is 4.90 Å². The van der Waals surface area contributed by atoms with Crippen molar-refractivity contribution < 1.29 is 13.6 Å². The third-order valence-corrected chi connectivity index (χ3v) is 6.05. The van der Waals surface area contributed by atoms with Gasteiger partial charge >= 0.3 is 0 Å². The first-order chi connectivity index (χ1) is 13.6. The number of carbonyl (C=O) groups is 1. The number of fused-ring (bicyclic) bond motifs is 2. The van der Waals surface area contributed by atoms with Gasteiger partial charge < -0.3 is 9.80 Å². The lowest BCUT2D eigenvalue weighted by atomic mass is 9.95. The molecule has 5 rings (SSSR count). The monoisotopic (exact) mass is 384 g/mol. The van der Waals surface area contributed by atoms with Crippen LogP contribution in [0.25, 0.3) is 0 Å².